The molecule has 2 nitrogen and oxygen atoms in total. The molecular weight excluding hydrogens is 231 g/mol. The zero-order valence-corrected chi connectivity index (χ0v) is 9.65. The summed E-state index contributed by atoms with van der Waals surface area (Å²) < 4.78 is 0. The Balaban J connectivity index is 2.96. The molecule has 0 saturated carbocycles. The fourth-order valence-electron chi connectivity index (χ4n) is 1.33. The van der Waals surface area contributed by atoms with Gasteiger partial charge in [0, 0.05) is 28.2 Å². The largest absolute Gasteiger partial charge is 0.329 e. The van der Waals surface area contributed by atoms with Crippen molar-refractivity contribution in [3.05, 3.63) is 33.8 Å². The Morgan fingerprint density at radius 1 is 1.40 bits per heavy atom. The van der Waals surface area contributed by atoms with Crippen molar-refractivity contribution in [2.24, 2.45) is 5.73 Å². The van der Waals surface area contributed by atoms with Crippen LogP contribution in [0.1, 0.15) is 11.6 Å². The zero-order chi connectivity index (χ0) is 11.3. The van der Waals surface area contributed by atoms with Crippen molar-refractivity contribution in [3.63, 3.8) is 0 Å². The number of benzene rings is 1. The lowest BCUT2D eigenvalue weighted by Crippen LogP contribution is -2.29. The molecule has 0 saturated heterocycles. The Kier molecular flexibility index (Phi) is 4.93. The molecule has 15 heavy (non-hydrogen) atoms. The van der Waals surface area contributed by atoms with E-state index in [-0.39, 0.29) is 6.04 Å². The second kappa shape index (κ2) is 5.99. The minimum Gasteiger partial charge on any atom is -0.329 e. The van der Waals surface area contributed by atoms with Gasteiger partial charge in [0.1, 0.15) is 0 Å². The maximum Gasteiger partial charge on any atom is 0.0579 e. The van der Waals surface area contributed by atoms with Crippen LogP contribution in [0.15, 0.2) is 18.2 Å². The van der Waals surface area contributed by atoms with Crippen LogP contribution in [0, 0.1) is 12.3 Å². The van der Waals surface area contributed by atoms with E-state index in [1.165, 1.54) is 0 Å². The van der Waals surface area contributed by atoms with Crippen molar-refractivity contribution in [2.75, 3.05) is 13.1 Å². The summed E-state index contributed by atoms with van der Waals surface area (Å²) in [6.45, 7) is 0.828. The quantitative estimate of drug-likeness (QED) is 0.795. The predicted molar refractivity (Wildman–Crippen MR) is 65.1 cm³/mol. The van der Waals surface area contributed by atoms with E-state index < -0.39 is 0 Å². The molecule has 1 rings (SSSR count). The zero-order valence-electron chi connectivity index (χ0n) is 8.13. The van der Waals surface area contributed by atoms with Crippen molar-refractivity contribution >= 4 is 23.2 Å². The van der Waals surface area contributed by atoms with E-state index in [1.54, 1.807) is 18.2 Å². The highest BCUT2D eigenvalue weighted by molar-refractivity contribution is 6.36. The molecule has 0 aliphatic heterocycles. The van der Waals surface area contributed by atoms with E-state index in [4.69, 9.17) is 35.4 Å². The molecule has 80 valence electrons. The Bertz CT molecular complexity index is 351. The Morgan fingerprint density at radius 3 is 2.47 bits per heavy atom. The Hall–Kier alpha value is -0.720. The molecule has 0 amide bonds. The average Bonchev–Trinajstić information content (AvgIpc) is 2.22. The van der Waals surface area contributed by atoms with Gasteiger partial charge in [-0.05, 0) is 12.1 Å². The molecular formula is C11H12Cl2N2. The number of rotatable bonds is 4. The van der Waals surface area contributed by atoms with Gasteiger partial charge in [-0.15, -0.1) is 6.42 Å². The van der Waals surface area contributed by atoms with Crippen molar-refractivity contribution in [3.8, 4) is 12.3 Å². The van der Waals surface area contributed by atoms with Crippen molar-refractivity contribution < 1.29 is 0 Å². The second-order valence-electron chi connectivity index (χ2n) is 3.01. The number of halogens is 2. The number of hydrogen-bond acceptors (Lipinski definition) is 2. The molecule has 0 bridgehead atoms. The van der Waals surface area contributed by atoms with Crippen LogP contribution in [0.2, 0.25) is 10.0 Å². The van der Waals surface area contributed by atoms with Gasteiger partial charge in [-0.25, -0.2) is 0 Å². The average molecular weight is 243 g/mol. The summed E-state index contributed by atoms with van der Waals surface area (Å²) in [6.07, 6.45) is 5.17. The lowest BCUT2D eigenvalue weighted by Gasteiger charge is -2.18. The highest BCUT2D eigenvalue weighted by atomic mass is 35.5. The minimum atomic E-state index is -0.109. The number of hydrogen-bond donors (Lipinski definition) is 2. The lowest BCUT2D eigenvalue weighted by atomic mass is 10.1. The maximum atomic E-state index is 6.05. The van der Waals surface area contributed by atoms with E-state index in [0.29, 0.717) is 23.1 Å². The molecule has 0 radical (unpaired) electrons. The normalized spacial score (nSPS) is 12.1. The van der Waals surface area contributed by atoms with Crippen LogP contribution in [-0.4, -0.2) is 13.1 Å². The Morgan fingerprint density at radius 2 is 2.00 bits per heavy atom. The molecule has 4 heteroatoms. The fourth-order valence-corrected chi connectivity index (χ4v) is 1.99. The lowest BCUT2D eigenvalue weighted by molar-refractivity contribution is 0.582. The van der Waals surface area contributed by atoms with Crippen LogP contribution in [0.25, 0.3) is 0 Å². The van der Waals surface area contributed by atoms with Gasteiger partial charge in [0.05, 0.1) is 6.54 Å². The van der Waals surface area contributed by atoms with Crippen LogP contribution in [0.3, 0.4) is 0 Å². The summed E-state index contributed by atoms with van der Waals surface area (Å²) in [5.74, 6) is 2.49. The van der Waals surface area contributed by atoms with E-state index in [1.807, 2.05) is 0 Å². The third kappa shape index (κ3) is 3.12. The minimum absolute atomic E-state index is 0.109. The molecule has 0 aliphatic rings. The first-order chi connectivity index (χ1) is 7.20. The molecule has 0 spiro atoms. The topological polar surface area (TPSA) is 38.0 Å². The predicted octanol–water partition coefficient (Wildman–Crippen LogP) is 2.22. The molecule has 1 unspecified atom stereocenters. The third-order valence-corrected chi connectivity index (χ3v) is 2.69. The summed E-state index contributed by atoms with van der Waals surface area (Å²) in [7, 11) is 0. The van der Waals surface area contributed by atoms with Gasteiger partial charge >= 0.3 is 0 Å². The molecule has 3 N–H and O–H groups in total. The molecule has 0 heterocycles. The number of nitrogens with one attached hydrogen (secondary N) is 1. The first kappa shape index (κ1) is 12.4. The monoisotopic (exact) mass is 242 g/mol. The van der Waals surface area contributed by atoms with Gasteiger partial charge in [-0.3, -0.25) is 5.32 Å². The first-order valence-corrected chi connectivity index (χ1v) is 5.27. The highest BCUT2D eigenvalue weighted by Gasteiger charge is 2.15. The summed E-state index contributed by atoms with van der Waals surface area (Å²) in [6, 6.07) is 5.25. The van der Waals surface area contributed by atoms with Crippen LogP contribution < -0.4 is 11.1 Å². The molecule has 1 atom stereocenters. The fraction of sp³-hybridized carbons (Fsp3) is 0.273. The highest BCUT2D eigenvalue weighted by Crippen LogP contribution is 2.29. The van der Waals surface area contributed by atoms with Crippen LogP contribution in [0.4, 0.5) is 0 Å². The van der Waals surface area contributed by atoms with Crippen molar-refractivity contribution in [1.82, 2.24) is 5.32 Å². The summed E-state index contributed by atoms with van der Waals surface area (Å²) in [5.41, 5.74) is 6.44. The van der Waals surface area contributed by atoms with Gasteiger partial charge in [0.25, 0.3) is 0 Å². The molecule has 0 fully saturated rings. The molecule has 1 aromatic rings. The van der Waals surface area contributed by atoms with Crippen LogP contribution >= 0.6 is 23.2 Å². The summed E-state index contributed by atoms with van der Waals surface area (Å²) in [5, 5.41) is 4.29. The summed E-state index contributed by atoms with van der Waals surface area (Å²) in [4.78, 5) is 0. The number of nitrogens with two attached hydrogens (primary N) is 1. The Labute approximate surface area is 99.8 Å². The van der Waals surface area contributed by atoms with E-state index in [2.05, 4.69) is 11.2 Å². The molecule has 0 aliphatic carbocycles. The number of terminal acetylenes is 1. The standard InChI is InChI=1S/C11H12Cl2N2/c1-2-6-15-10(7-14)11-8(12)4-3-5-9(11)13/h1,3-5,10,15H,6-7,14H2. The van der Waals surface area contributed by atoms with Gasteiger partial charge in [-0.2, -0.15) is 0 Å². The van der Waals surface area contributed by atoms with Gasteiger partial charge in [0.15, 0.2) is 0 Å². The maximum absolute atomic E-state index is 6.05. The van der Waals surface area contributed by atoms with Crippen molar-refractivity contribution in [1.29, 1.82) is 0 Å². The van der Waals surface area contributed by atoms with E-state index >= 15 is 0 Å². The molecule has 0 aromatic heterocycles. The van der Waals surface area contributed by atoms with Crippen molar-refractivity contribution in [2.45, 2.75) is 6.04 Å². The van der Waals surface area contributed by atoms with E-state index in [0.717, 1.165) is 5.56 Å². The van der Waals surface area contributed by atoms with Gasteiger partial charge in [0.2, 0.25) is 0 Å². The molecule has 1 aromatic carbocycles. The van der Waals surface area contributed by atoms with Gasteiger partial charge < -0.3 is 5.73 Å². The smallest absolute Gasteiger partial charge is 0.0579 e. The third-order valence-electron chi connectivity index (χ3n) is 2.03. The van der Waals surface area contributed by atoms with E-state index in [9.17, 15) is 0 Å². The SMILES string of the molecule is C#CCNC(CN)c1c(Cl)cccc1Cl. The van der Waals surface area contributed by atoms with Crippen LogP contribution in [-0.2, 0) is 0 Å². The van der Waals surface area contributed by atoms with Gasteiger partial charge in [-0.1, -0.05) is 35.2 Å². The second-order valence-corrected chi connectivity index (χ2v) is 3.82. The first-order valence-electron chi connectivity index (χ1n) is 4.51. The summed E-state index contributed by atoms with van der Waals surface area (Å²) >= 11 is 12.1. The van der Waals surface area contributed by atoms with Crippen LogP contribution in [0.5, 0.6) is 0 Å².